The van der Waals surface area contributed by atoms with Gasteiger partial charge < -0.3 is 4.74 Å². The first-order chi connectivity index (χ1) is 5.61. The maximum atomic E-state index is 10.9. The summed E-state index contributed by atoms with van der Waals surface area (Å²) in [6, 6.07) is 0. The fraction of sp³-hybridized carbons (Fsp3) is 0.556. The van der Waals surface area contributed by atoms with E-state index in [9.17, 15) is 4.79 Å². The van der Waals surface area contributed by atoms with E-state index in [0.29, 0.717) is 0 Å². The lowest BCUT2D eigenvalue weighted by atomic mass is 10.1. The van der Waals surface area contributed by atoms with Gasteiger partial charge in [-0.15, -0.1) is 0 Å². The van der Waals surface area contributed by atoms with Crippen molar-refractivity contribution in [1.29, 1.82) is 0 Å². The highest BCUT2D eigenvalue weighted by molar-refractivity contribution is 5.80. The molecule has 12 heavy (non-hydrogen) atoms. The van der Waals surface area contributed by atoms with Crippen molar-refractivity contribution < 1.29 is 9.53 Å². The zero-order valence-electron chi connectivity index (χ0n) is 8.00. The third-order valence-electron chi connectivity index (χ3n) is 1.42. The Morgan fingerprint density at radius 1 is 1.58 bits per heavy atom. The zero-order valence-corrected chi connectivity index (χ0v) is 8.00. The Hall–Kier alpha value is -1.12. The Morgan fingerprint density at radius 2 is 2.17 bits per heavy atom. The van der Waals surface area contributed by atoms with Crippen LogP contribution in [0.1, 0.15) is 13.8 Å². The van der Waals surface area contributed by atoms with E-state index in [4.69, 9.17) is 0 Å². The highest BCUT2D eigenvalue weighted by atomic mass is 16.5. The summed E-state index contributed by atoms with van der Waals surface area (Å²) in [5, 5.41) is 0. The predicted molar refractivity (Wildman–Crippen MR) is 49.4 cm³/mol. The number of esters is 1. The van der Waals surface area contributed by atoms with Crippen LogP contribution >= 0.6 is 0 Å². The summed E-state index contributed by atoms with van der Waals surface area (Å²) in [4.78, 5) is 14.8. The average Bonchev–Trinajstić information content (AvgIpc) is 2.03. The number of hydrogen-bond donors (Lipinski definition) is 0. The van der Waals surface area contributed by atoms with E-state index in [2.05, 4.69) is 9.73 Å². The number of aliphatic imine (C=N–C) groups is 1. The molecular formula is C9H15NO2. The van der Waals surface area contributed by atoms with Crippen molar-refractivity contribution in [3.05, 3.63) is 11.6 Å². The van der Waals surface area contributed by atoms with Gasteiger partial charge >= 0.3 is 5.97 Å². The third kappa shape index (κ3) is 3.91. The molecule has 0 bridgehead atoms. The Kier molecular flexibility index (Phi) is 5.00. The van der Waals surface area contributed by atoms with Crippen molar-refractivity contribution in [1.82, 2.24) is 0 Å². The molecule has 0 amide bonds. The largest absolute Gasteiger partial charge is 0.469 e. The number of methoxy groups -OCH3 is 1. The molecule has 0 heterocycles. The van der Waals surface area contributed by atoms with Gasteiger partial charge in [-0.1, -0.05) is 6.08 Å². The summed E-state index contributed by atoms with van der Waals surface area (Å²) in [5.74, 6) is -0.424. The minimum atomic E-state index is -0.223. The monoisotopic (exact) mass is 169 g/mol. The quantitative estimate of drug-likeness (QED) is 0.473. The van der Waals surface area contributed by atoms with Gasteiger partial charge in [-0.3, -0.25) is 9.79 Å². The molecule has 0 radical (unpaired) electrons. The average molecular weight is 169 g/mol. The molecule has 0 saturated heterocycles. The summed E-state index contributed by atoms with van der Waals surface area (Å²) in [5.41, 5.74) is 0.968. The Labute approximate surface area is 73.1 Å². The molecule has 68 valence electrons. The van der Waals surface area contributed by atoms with Crippen molar-refractivity contribution in [2.24, 2.45) is 10.9 Å². The van der Waals surface area contributed by atoms with Crippen molar-refractivity contribution in [3.8, 4) is 0 Å². The maximum absolute atomic E-state index is 10.9. The van der Waals surface area contributed by atoms with Crippen molar-refractivity contribution >= 4 is 12.2 Å². The van der Waals surface area contributed by atoms with Crippen LogP contribution in [0.3, 0.4) is 0 Å². The van der Waals surface area contributed by atoms with Crippen molar-refractivity contribution in [3.63, 3.8) is 0 Å². The van der Waals surface area contributed by atoms with Crippen molar-refractivity contribution in [2.75, 3.05) is 14.2 Å². The Morgan fingerprint density at radius 3 is 2.58 bits per heavy atom. The summed E-state index contributed by atoms with van der Waals surface area (Å²) in [7, 11) is 3.08. The van der Waals surface area contributed by atoms with E-state index < -0.39 is 0 Å². The van der Waals surface area contributed by atoms with Crippen LogP contribution in [0.4, 0.5) is 0 Å². The molecule has 0 aromatic heterocycles. The predicted octanol–water partition coefficient (Wildman–Crippen LogP) is 1.44. The Bertz CT molecular complexity index is 207. The molecule has 1 unspecified atom stereocenters. The van der Waals surface area contributed by atoms with Gasteiger partial charge in [0.25, 0.3) is 0 Å². The lowest BCUT2D eigenvalue weighted by molar-refractivity contribution is -0.143. The molecule has 0 N–H and O–H groups in total. The lowest BCUT2D eigenvalue weighted by Gasteiger charge is -2.03. The van der Waals surface area contributed by atoms with Crippen LogP contribution in [0, 0.1) is 5.92 Å². The van der Waals surface area contributed by atoms with Gasteiger partial charge in [-0.25, -0.2) is 0 Å². The highest BCUT2D eigenvalue weighted by Crippen LogP contribution is 2.03. The first kappa shape index (κ1) is 10.9. The van der Waals surface area contributed by atoms with E-state index in [1.807, 2.05) is 13.0 Å². The van der Waals surface area contributed by atoms with E-state index in [-0.39, 0.29) is 11.9 Å². The third-order valence-corrected chi connectivity index (χ3v) is 1.42. The molecule has 0 spiro atoms. The van der Waals surface area contributed by atoms with Crippen LogP contribution in [0.5, 0.6) is 0 Å². The Balaban J connectivity index is 4.22. The zero-order chi connectivity index (χ0) is 9.56. The number of rotatable bonds is 3. The van der Waals surface area contributed by atoms with Crippen LogP contribution < -0.4 is 0 Å². The molecule has 0 aliphatic heterocycles. The van der Waals surface area contributed by atoms with Gasteiger partial charge in [-0.05, 0) is 19.4 Å². The van der Waals surface area contributed by atoms with E-state index in [1.54, 1.807) is 20.2 Å². The fourth-order valence-electron chi connectivity index (χ4n) is 0.895. The number of carbonyl (C=O) groups is 1. The van der Waals surface area contributed by atoms with E-state index in [1.165, 1.54) is 7.11 Å². The smallest absolute Gasteiger partial charge is 0.312 e. The number of hydrogen-bond acceptors (Lipinski definition) is 3. The SMILES string of the molecule is CN=C/C(C)=C\C(C)C(=O)OC. The first-order valence-corrected chi connectivity index (χ1v) is 3.80. The second-order valence-corrected chi connectivity index (χ2v) is 2.61. The molecular weight excluding hydrogens is 154 g/mol. The lowest BCUT2D eigenvalue weighted by Crippen LogP contribution is -2.10. The summed E-state index contributed by atoms with van der Waals surface area (Å²) in [6.07, 6.45) is 3.53. The van der Waals surface area contributed by atoms with Gasteiger partial charge in [0, 0.05) is 13.3 Å². The van der Waals surface area contributed by atoms with Gasteiger partial charge in [0.15, 0.2) is 0 Å². The molecule has 3 nitrogen and oxygen atoms in total. The van der Waals surface area contributed by atoms with Crippen LogP contribution in [0.2, 0.25) is 0 Å². The maximum Gasteiger partial charge on any atom is 0.312 e. The molecule has 0 fully saturated rings. The molecule has 0 aliphatic rings. The summed E-state index contributed by atoms with van der Waals surface area (Å²) >= 11 is 0. The van der Waals surface area contributed by atoms with E-state index >= 15 is 0 Å². The minimum Gasteiger partial charge on any atom is -0.469 e. The molecule has 1 atom stereocenters. The summed E-state index contributed by atoms with van der Waals surface area (Å²) in [6.45, 7) is 3.69. The fourth-order valence-corrected chi connectivity index (χ4v) is 0.895. The number of ether oxygens (including phenoxy) is 1. The first-order valence-electron chi connectivity index (χ1n) is 3.80. The standard InChI is InChI=1S/C9H15NO2/c1-7(6-10-3)5-8(2)9(11)12-4/h5-6,8H,1-4H3/b7-5-,10-6?. The van der Waals surface area contributed by atoms with Crippen molar-refractivity contribution in [2.45, 2.75) is 13.8 Å². The molecule has 0 aromatic carbocycles. The second-order valence-electron chi connectivity index (χ2n) is 2.61. The molecule has 0 rings (SSSR count). The topological polar surface area (TPSA) is 38.7 Å². The minimum absolute atomic E-state index is 0.201. The molecule has 0 aliphatic carbocycles. The number of carbonyl (C=O) groups excluding carboxylic acids is 1. The normalized spacial score (nSPS) is 14.8. The van der Waals surface area contributed by atoms with Crippen LogP contribution in [-0.4, -0.2) is 26.3 Å². The second kappa shape index (κ2) is 5.52. The van der Waals surface area contributed by atoms with Crippen LogP contribution in [0.25, 0.3) is 0 Å². The summed E-state index contributed by atoms with van der Waals surface area (Å²) < 4.78 is 4.56. The molecule has 3 heteroatoms. The molecule has 0 saturated carbocycles. The van der Waals surface area contributed by atoms with Gasteiger partial charge in [0.1, 0.15) is 0 Å². The number of allylic oxidation sites excluding steroid dienone is 1. The number of nitrogens with zero attached hydrogens (tertiary/aromatic N) is 1. The van der Waals surface area contributed by atoms with Gasteiger partial charge in [-0.2, -0.15) is 0 Å². The van der Waals surface area contributed by atoms with Crippen LogP contribution in [0.15, 0.2) is 16.6 Å². The molecule has 0 aromatic rings. The highest BCUT2D eigenvalue weighted by Gasteiger charge is 2.08. The van der Waals surface area contributed by atoms with Gasteiger partial charge in [0.05, 0.1) is 13.0 Å². The van der Waals surface area contributed by atoms with Gasteiger partial charge in [0.2, 0.25) is 0 Å². The van der Waals surface area contributed by atoms with Crippen LogP contribution in [-0.2, 0) is 9.53 Å². The van der Waals surface area contributed by atoms with E-state index in [0.717, 1.165) is 5.57 Å².